The monoisotopic (exact) mass is 279 g/mol. The Bertz CT molecular complexity index is 639. The summed E-state index contributed by atoms with van der Waals surface area (Å²) in [7, 11) is 0. The van der Waals surface area contributed by atoms with E-state index in [2.05, 4.69) is 0 Å². The fourth-order valence-electron chi connectivity index (χ4n) is 1.70. The van der Waals surface area contributed by atoms with E-state index in [-0.39, 0.29) is 22.6 Å². The van der Waals surface area contributed by atoms with Crippen LogP contribution >= 0.6 is 0 Å². The molecule has 20 heavy (non-hydrogen) atoms. The minimum atomic E-state index is -1.23. The highest BCUT2D eigenvalue weighted by atomic mass is 19.1. The number of rotatable bonds is 4. The fraction of sp³-hybridized carbons (Fsp3) is 0.0714. The van der Waals surface area contributed by atoms with Gasteiger partial charge in [-0.3, -0.25) is 0 Å². The minimum Gasteiger partial charge on any atom is -0.486 e. The molecule has 0 atom stereocenters. The van der Waals surface area contributed by atoms with Gasteiger partial charge < -0.3 is 15.6 Å². The molecule has 0 radical (unpaired) electrons. The van der Waals surface area contributed by atoms with Gasteiger partial charge in [-0.05, 0) is 24.3 Å². The van der Waals surface area contributed by atoms with Gasteiger partial charge in [0.25, 0.3) is 0 Å². The molecule has 0 aliphatic heterocycles. The first-order valence-corrected chi connectivity index (χ1v) is 5.68. The predicted octanol–water partition coefficient (Wildman–Crippen LogP) is 2.82. The molecule has 6 heteroatoms. The summed E-state index contributed by atoms with van der Waals surface area (Å²) in [4.78, 5) is 11.0. The van der Waals surface area contributed by atoms with Gasteiger partial charge in [0.1, 0.15) is 23.8 Å². The Hall–Kier alpha value is -2.63. The third-order valence-electron chi connectivity index (χ3n) is 2.70. The molecule has 2 aromatic rings. The van der Waals surface area contributed by atoms with E-state index in [9.17, 15) is 13.6 Å². The number of para-hydroxylation sites is 1. The number of ether oxygens (including phenoxy) is 1. The molecular formula is C14H11F2NO3. The number of aromatic carboxylic acids is 1. The summed E-state index contributed by atoms with van der Waals surface area (Å²) in [5.74, 6) is -2.88. The zero-order chi connectivity index (χ0) is 14.7. The molecular weight excluding hydrogens is 268 g/mol. The molecule has 0 amide bonds. The Labute approximate surface area is 113 Å². The lowest BCUT2D eigenvalue weighted by Crippen LogP contribution is -2.08. The third-order valence-corrected chi connectivity index (χ3v) is 2.70. The largest absolute Gasteiger partial charge is 0.486 e. The molecule has 0 spiro atoms. The molecule has 2 aromatic carbocycles. The Morgan fingerprint density at radius 2 is 1.75 bits per heavy atom. The maximum atomic E-state index is 13.4. The molecule has 0 aliphatic rings. The number of carboxylic acids is 1. The molecule has 0 bridgehead atoms. The van der Waals surface area contributed by atoms with E-state index in [0.717, 1.165) is 12.1 Å². The number of nitrogens with two attached hydrogens (primary N) is 1. The zero-order valence-corrected chi connectivity index (χ0v) is 10.3. The van der Waals surface area contributed by atoms with Crippen molar-refractivity contribution in [3.05, 3.63) is 59.2 Å². The highest BCUT2D eigenvalue weighted by Gasteiger charge is 2.16. The molecule has 0 fully saturated rings. The van der Waals surface area contributed by atoms with E-state index < -0.39 is 24.2 Å². The van der Waals surface area contributed by atoms with E-state index >= 15 is 0 Å². The summed E-state index contributed by atoms with van der Waals surface area (Å²) in [6.45, 7) is -0.451. The molecule has 3 N–H and O–H groups in total. The summed E-state index contributed by atoms with van der Waals surface area (Å²) in [6, 6.07) is 7.61. The Morgan fingerprint density at radius 3 is 2.35 bits per heavy atom. The van der Waals surface area contributed by atoms with Crippen LogP contribution in [0, 0.1) is 11.6 Å². The number of hydrogen-bond acceptors (Lipinski definition) is 3. The van der Waals surface area contributed by atoms with Crippen LogP contribution in [0.4, 0.5) is 14.5 Å². The van der Waals surface area contributed by atoms with Crippen molar-refractivity contribution in [1.29, 1.82) is 0 Å². The summed E-state index contributed by atoms with van der Waals surface area (Å²) in [5, 5.41) is 9.01. The average Bonchev–Trinajstić information content (AvgIpc) is 2.39. The van der Waals surface area contributed by atoms with Gasteiger partial charge in [-0.1, -0.05) is 12.1 Å². The van der Waals surface area contributed by atoms with Crippen LogP contribution in [0.15, 0.2) is 36.4 Å². The minimum absolute atomic E-state index is 0.0849. The first-order chi connectivity index (χ1) is 9.50. The van der Waals surface area contributed by atoms with E-state index in [1.807, 2.05) is 0 Å². The van der Waals surface area contributed by atoms with Crippen molar-refractivity contribution in [2.75, 3.05) is 5.73 Å². The number of carboxylic acid groups (broad SMARTS) is 1. The molecule has 0 unspecified atom stereocenters. The molecule has 0 saturated heterocycles. The Kier molecular flexibility index (Phi) is 3.84. The van der Waals surface area contributed by atoms with Gasteiger partial charge in [0.05, 0.1) is 11.3 Å². The van der Waals surface area contributed by atoms with Crippen LogP contribution in [0.3, 0.4) is 0 Å². The number of anilines is 1. The van der Waals surface area contributed by atoms with Gasteiger partial charge in [0, 0.05) is 0 Å². The standard InChI is InChI=1S/C14H11F2NO3/c15-10-4-2-5-11(16)9(10)7-20-13-8(14(18)19)3-1-6-12(13)17/h1-6H,7,17H2,(H,18,19). The fourth-order valence-corrected chi connectivity index (χ4v) is 1.70. The number of halogens is 2. The lowest BCUT2D eigenvalue weighted by atomic mass is 10.1. The van der Waals surface area contributed by atoms with Crippen molar-refractivity contribution in [1.82, 2.24) is 0 Å². The van der Waals surface area contributed by atoms with Gasteiger partial charge in [0.15, 0.2) is 5.75 Å². The van der Waals surface area contributed by atoms with E-state index in [1.54, 1.807) is 0 Å². The van der Waals surface area contributed by atoms with Crippen molar-refractivity contribution in [3.63, 3.8) is 0 Å². The lowest BCUT2D eigenvalue weighted by molar-refractivity contribution is 0.0692. The Balaban J connectivity index is 2.30. The molecule has 0 saturated carbocycles. The van der Waals surface area contributed by atoms with E-state index in [0.29, 0.717) is 0 Å². The smallest absolute Gasteiger partial charge is 0.339 e. The van der Waals surface area contributed by atoms with Crippen LogP contribution in [-0.4, -0.2) is 11.1 Å². The SMILES string of the molecule is Nc1cccc(C(=O)O)c1OCc1c(F)cccc1F. The van der Waals surface area contributed by atoms with Crippen LogP contribution < -0.4 is 10.5 Å². The second-order valence-electron chi connectivity index (χ2n) is 4.02. The van der Waals surface area contributed by atoms with Crippen molar-refractivity contribution in [2.45, 2.75) is 6.61 Å². The second-order valence-corrected chi connectivity index (χ2v) is 4.02. The first kappa shape index (κ1) is 13.8. The predicted molar refractivity (Wildman–Crippen MR) is 68.5 cm³/mol. The summed E-state index contributed by atoms with van der Waals surface area (Å²) >= 11 is 0. The maximum absolute atomic E-state index is 13.4. The van der Waals surface area contributed by atoms with Gasteiger partial charge in [-0.2, -0.15) is 0 Å². The topological polar surface area (TPSA) is 72.6 Å². The highest BCUT2D eigenvalue weighted by Crippen LogP contribution is 2.28. The van der Waals surface area contributed by atoms with Crippen LogP contribution in [0.5, 0.6) is 5.75 Å². The van der Waals surface area contributed by atoms with Gasteiger partial charge in [-0.15, -0.1) is 0 Å². The van der Waals surface area contributed by atoms with Gasteiger partial charge in [0.2, 0.25) is 0 Å². The molecule has 2 rings (SSSR count). The molecule has 4 nitrogen and oxygen atoms in total. The van der Waals surface area contributed by atoms with Crippen molar-refractivity contribution in [2.24, 2.45) is 0 Å². The summed E-state index contributed by atoms with van der Waals surface area (Å²) in [5.41, 5.74) is 5.26. The van der Waals surface area contributed by atoms with Crippen LogP contribution in [0.2, 0.25) is 0 Å². The van der Waals surface area contributed by atoms with Crippen LogP contribution in [0.25, 0.3) is 0 Å². The summed E-state index contributed by atoms with van der Waals surface area (Å²) < 4.78 is 32.1. The maximum Gasteiger partial charge on any atom is 0.339 e. The Morgan fingerprint density at radius 1 is 1.15 bits per heavy atom. The zero-order valence-electron chi connectivity index (χ0n) is 10.3. The van der Waals surface area contributed by atoms with Gasteiger partial charge >= 0.3 is 5.97 Å². The molecule has 104 valence electrons. The number of benzene rings is 2. The highest BCUT2D eigenvalue weighted by molar-refractivity contribution is 5.93. The van der Waals surface area contributed by atoms with E-state index in [1.165, 1.54) is 24.3 Å². The average molecular weight is 279 g/mol. The number of nitrogen functional groups attached to an aromatic ring is 1. The van der Waals surface area contributed by atoms with Crippen LogP contribution in [0.1, 0.15) is 15.9 Å². The quantitative estimate of drug-likeness (QED) is 0.844. The second kappa shape index (κ2) is 5.56. The number of hydrogen-bond donors (Lipinski definition) is 2. The lowest BCUT2D eigenvalue weighted by Gasteiger charge is -2.12. The summed E-state index contributed by atoms with van der Waals surface area (Å²) in [6.07, 6.45) is 0. The van der Waals surface area contributed by atoms with Crippen molar-refractivity contribution < 1.29 is 23.4 Å². The van der Waals surface area contributed by atoms with Crippen molar-refractivity contribution in [3.8, 4) is 5.75 Å². The van der Waals surface area contributed by atoms with E-state index in [4.69, 9.17) is 15.6 Å². The number of carbonyl (C=O) groups is 1. The van der Waals surface area contributed by atoms with Crippen molar-refractivity contribution >= 4 is 11.7 Å². The molecule has 0 aromatic heterocycles. The third kappa shape index (κ3) is 2.69. The van der Waals surface area contributed by atoms with Gasteiger partial charge in [-0.25, -0.2) is 13.6 Å². The molecule has 0 aliphatic carbocycles. The molecule has 0 heterocycles. The van der Waals surface area contributed by atoms with Crippen LogP contribution in [-0.2, 0) is 6.61 Å². The normalized spacial score (nSPS) is 10.3. The first-order valence-electron chi connectivity index (χ1n) is 5.68.